The Morgan fingerprint density at radius 3 is 2.74 bits per heavy atom. The number of hydrogen-bond acceptors (Lipinski definition) is 2. The molecule has 0 aromatic heterocycles. The van der Waals surface area contributed by atoms with E-state index in [0.717, 1.165) is 13.0 Å². The second-order valence-corrected chi connectivity index (χ2v) is 6.22. The molecular formula is C16H23NOS. The van der Waals surface area contributed by atoms with Crippen LogP contribution in [0.3, 0.4) is 0 Å². The Morgan fingerprint density at radius 1 is 1.37 bits per heavy atom. The molecule has 0 radical (unpaired) electrons. The van der Waals surface area contributed by atoms with E-state index in [2.05, 4.69) is 38.6 Å². The number of piperidine rings is 1. The lowest BCUT2D eigenvalue weighted by Crippen LogP contribution is -2.49. The van der Waals surface area contributed by atoms with E-state index < -0.39 is 0 Å². The number of hydrogen-bond donors (Lipinski definition) is 1. The fourth-order valence-corrected chi connectivity index (χ4v) is 3.12. The van der Waals surface area contributed by atoms with Crippen LogP contribution in [0.5, 0.6) is 0 Å². The van der Waals surface area contributed by atoms with Crippen LogP contribution in [-0.2, 0) is 11.2 Å². The molecule has 0 bridgehead atoms. The first-order valence-electron chi connectivity index (χ1n) is 7.12. The molecule has 3 unspecified atom stereocenters. The number of thiol groups is 1. The molecule has 3 heteroatoms. The van der Waals surface area contributed by atoms with Crippen molar-refractivity contribution in [2.75, 3.05) is 6.54 Å². The van der Waals surface area contributed by atoms with E-state index in [1.54, 1.807) is 0 Å². The minimum absolute atomic E-state index is 0.186. The number of rotatable bonds is 3. The quantitative estimate of drug-likeness (QED) is 0.841. The number of benzene rings is 1. The smallest absolute Gasteiger partial charge is 0.236 e. The van der Waals surface area contributed by atoms with Gasteiger partial charge in [-0.1, -0.05) is 37.3 Å². The van der Waals surface area contributed by atoms with Crippen molar-refractivity contribution in [3.05, 3.63) is 35.9 Å². The number of carbonyl (C=O) groups excluding carboxylic acids is 1. The van der Waals surface area contributed by atoms with Crippen molar-refractivity contribution in [2.24, 2.45) is 5.92 Å². The van der Waals surface area contributed by atoms with Crippen molar-refractivity contribution in [1.82, 2.24) is 4.90 Å². The van der Waals surface area contributed by atoms with Crippen LogP contribution in [0.15, 0.2) is 30.3 Å². The minimum atomic E-state index is -0.227. The first-order chi connectivity index (χ1) is 9.09. The molecule has 3 atom stereocenters. The lowest BCUT2D eigenvalue weighted by Gasteiger charge is -2.39. The summed E-state index contributed by atoms with van der Waals surface area (Å²) in [5.74, 6) is 0.779. The zero-order chi connectivity index (χ0) is 13.8. The number of amides is 1. The Labute approximate surface area is 121 Å². The molecule has 1 aromatic rings. The fraction of sp³-hybridized carbons (Fsp3) is 0.562. The van der Waals surface area contributed by atoms with Gasteiger partial charge in [0.2, 0.25) is 5.91 Å². The SMILES string of the molecule is CC1CCCN(C(=O)C(S)Cc2ccccc2)C1C. The van der Waals surface area contributed by atoms with Crippen molar-refractivity contribution < 1.29 is 4.79 Å². The summed E-state index contributed by atoms with van der Waals surface area (Å²) in [6.45, 7) is 5.27. The number of carbonyl (C=O) groups is 1. The third kappa shape index (κ3) is 3.53. The summed E-state index contributed by atoms with van der Waals surface area (Å²) in [5.41, 5.74) is 1.17. The summed E-state index contributed by atoms with van der Waals surface area (Å²) >= 11 is 4.53. The highest BCUT2D eigenvalue weighted by Crippen LogP contribution is 2.24. The molecule has 1 aromatic carbocycles. The highest BCUT2D eigenvalue weighted by Gasteiger charge is 2.31. The van der Waals surface area contributed by atoms with Gasteiger partial charge in [-0.25, -0.2) is 0 Å². The molecule has 0 aliphatic carbocycles. The molecule has 1 amide bonds. The van der Waals surface area contributed by atoms with Gasteiger partial charge in [-0.2, -0.15) is 12.6 Å². The van der Waals surface area contributed by atoms with E-state index in [1.807, 2.05) is 23.1 Å². The molecule has 0 N–H and O–H groups in total. The zero-order valence-corrected chi connectivity index (χ0v) is 12.6. The summed E-state index contributed by atoms with van der Waals surface area (Å²) in [5, 5.41) is -0.227. The summed E-state index contributed by atoms with van der Waals surface area (Å²) in [7, 11) is 0. The molecular weight excluding hydrogens is 254 g/mol. The highest BCUT2D eigenvalue weighted by atomic mass is 32.1. The maximum absolute atomic E-state index is 12.5. The van der Waals surface area contributed by atoms with E-state index in [0.29, 0.717) is 18.4 Å². The summed E-state index contributed by atoms with van der Waals surface area (Å²) in [4.78, 5) is 14.5. The van der Waals surface area contributed by atoms with Crippen LogP contribution < -0.4 is 0 Å². The predicted molar refractivity (Wildman–Crippen MR) is 82.5 cm³/mol. The predicted octanol–water partition coefficient (Wildman–Crippen LogP) is 3.17. The largest absolute Gasteiger partial charge is 0.339 e. The summed E-state index contributed by atoms with van der Waals surface area (Å²) < 4.78 is 0. The molecule has 1 heterocycles. The molecule has 1 fully saturated rings. The van der Waals surface area contributed by atoms with Crippen LogP contribution in [0.25, 0.3) is 0 Å². The zero-order valence-electron chi connectivity index (χ0n) is 11.7. The van der Waals surface area contributed by atoms with E-state index in [1.165, 1.54) is 12.0 Å². The highest BCUT2D eigenvalue weighted by molar-refractivity contribution is 7.81. The number of nitrogens with zero attached hydrogens (tertiary/aromatic N) is 1. The normalized spacial score (nSPS) is 25.1. The average Bonchev–Trinajstić information content (AvgIpc) is 2.42. The van der Waals surface area contributed by atoms with Gasteiger partial charge >= 0.3 is 0 Å². The molecule has 2 rings (SSSR count). The van der Waals surface area contributed by atoms with Crippen LogP contribution in [-0.4, -0.2) is 28.6 Å². The van der Waals surface area contributed by atoms with Gasteiger partial charge in [0.1, 0.15) is 0 Å². The summed E-state index contributed by atoms with van der Waals surface area (Å²) in [6, 6.07) is 10.5. The maximum atomic E-state index is 12.5. The minimum Gasteiger partial charge on any atom is -0.339 e. The van der Waals surface area contributed by atoms with Gasteiger partial charge in [-0.15, -0.1) is 0 Å². The van der Waals surface area contributed by atoms with Crippen LogP contribution in [0.4, 0.5) is 0 Å². The van der Waals surface area contributed by atoms with Gasteiger partial charge in [0.15, 0.2) is 0 Å². The van der Waals surface area contributed by atoms with Crippen LogP contribution >= 0.6 is 12.6 Å². The molecule has 1 saturated heterocycles. The second-order valence-electron chi connectivity index (χ2n) is 5.60. The second kappa shape index (κ2) is 6.47. The molecule has 0 spiro atoms. The molecule has 0 saturated carbocycles. The van der Waals surface area contributed by atoms with Gasteiger partial charge in [-0.3, -0.25) is 4.79 Å². The summed E-state index contributed by atoms with van der Waals surface area (Å²) in [6.07, 6.45) is 3.05. The van der Waals surface area contributed by atoms with E-state index >= 15 is 0 Å². The van der Waals surface area contributed by atoms with E-state index in [4.69, 9.17) is 0 Å². The van der Waals surface area contributed by atoms with Crippen molar-refractivity contribution in [3.8, 4) is 0 Å². The van der Waals surface area contributed by atoms with Crippen molar-refractivity contribution in [1.29, 1.82) is 0 Å². The van der Waals surface area contributed by atoms with Gasteiger partial charge in [0.05, 0.1) is 5.25 Å². The van der Waals surface area contributed by atoms with Crippen LogP contribution in [0, 0.1) is 5.92 Å². The molecule has 2 nitrogen and oxygen atoms in total. The Morgan fingerprint density at radius 2 is 2.05 bits per heavy atom. The van der Waals surface area contributed by atoms with E-state index in [9.17, 15) is 4.79 Å². The van der Waals surface area contributed by atoms with Crippen LogP contribution in [0.2, 0.25) is 0 Å². The molecule has 19 heavy (non-hydrogen) atoms. The van der Waals surface area contributed by atoms with Gasteiger partial charge in [0, 0.05) is 12.6 Å². The average molecular weight is 277 g/mol. The van der Waals surface area contributed by atoms with Gasteiger partial charge in [0.25, 0.3) is 0 Å². The lowest BCUT2D eigenvalue weighted by atomic mass is 9.91. The van der Waals surface area contributed by atoms with Gasteiger partial charge < -0.3 is 4.90 Å². The molecule has 1 aliphatic rings. The first-order valence-corrected chi connectivity index (χ1v) is 7.63. The van der Waals surface area contributed by atoms with Crippen molar-refractivity contribution >= 4 is 18.5 Å². The topological polar surface area (TPSA) is 20.3 Å². The standard InChI is InChI=1S/C16H23NOS/c1-12-7-6-10-17(13(12)2)16(18)15(19)11-14-8-4-3-5-9-14/h3-5,8-9,12-13,15,19H,6-7,10-11H2,1-2H3. The fourth-order valence-electron chi connectivity index (χ4n) is 2.76. The Balaban J connectivity index is 1.99. The third-order valence-electron chi connectivity index (χ3n) is 4.21. The number of likely N-dealkylation sites (tertiary alicyclic amines) is 1. The first kappa shape index (κ1) is 14.4. The molecule has 104 valence electrons. The molecule has 1 aliphatic heterocycles. The monoisotopic (exact) mass is 277 g/mol. The lowest BCUT2D eigenvalue weighted by molar-refractivity contribution is -0.135. The van der Waals surface area contributed by atoms with Crippen LogP contribution in [0.1, 0.15) is 32.3 Å². The Bertz CT molecular complexity index is 420. The van der Waals surface area contributed by atoms with E-state index in [-0.39, 0.29) is 11.2 Å². The van der Waals surface area contributed by atoms with Gasteiger partial charge in [-0.05, 0) is 37.7 Å². The Hall–Kier alpha value is -0.960. The van der Waals surface area contributed by atoms with Crippen molar-refractivity contribution in [2.45, 2.75) is 44.4 Å². The maximum Gasteiger partial charge on any atom is 0.236 e. The third-order valence-corrected chi connectivity index (χ3v) is 4.62. The van der Waals surface area contributed by atoms with Crippen molar-refractivity contribution in [3.63, 3.8) is 0 Å². The Kier molecular flexibility index (Phi) is 4.92.